The van der Waals surface area contributed by atoms with Crippen LogP contribution in [0.4, 0.5) is 0 Å². The predicted octanol–water partition coefficient (Wildman–Crippen LogP) is 9.15. The zero-order valence-corrected chi connectivity index (χ0v) is 29.0. The summed E-state index contributed by atoms with van der Waals surface area (Å²) >= 11 is 1.08. The van der Waals surface area contributed by atoms with Crippen LogP contribution < -0.4 is 5.19 Å². The summed E-state index contributed by atoms with van der Waals surface area (Å²) < 4.78 is 1.50. The van der Waals surface area contributed by atoms with Crippen molar-refractivity contribution in [2.24, 2.45) is 0 Å². The first-order chi connectivity index (χ1) is 19.4. The van der Waals surface area contributed by atoms with Crippen LogP contribution in [-0.4, -0.2) is 11.3 Å². The molecule has 2 heteroatoms. The predicted molar refractivity (Wildman–Crippen MR) is 173 cm³/mol. The number of hydrogen-bond acceptors (Lipinski definition) is 0. The van der Waals surface area contributed by atoms with Crippen molar-refractivity contribution in [2.75, 3.05) is 0 Å². The molecule has 0 saturated heterocycles. The van der Waals surface area contributed by atoms with Gasteiger partial charge in [0.2, 0.25) is 0 Å². The molecule has 0 radical (unpaired) electrons. The van der Waals surface area contributed by atoms with Crippen LogP contribution in [0.5, 0.6) is 0 Å². The minimum atomic E-state index is -1.19. The molecule has 0 amide bonds. The number of hydrogen-bond donors (Lipinski definition) is 0. The monoisotopic (exact) mass is 704 g/mol. The topological polar surface area (TPSA) is 0 Å². The van der Waals surface area contributed by atoms with Crippen molar-refractivity contribution in [3.8, 4) is 11.1 Å². The van der Waals surface area contributed by atoms with Crippen LogP contribution in [0.3, 0.4) is 0 Å². The van der Waals surface area contributed by atoms with E-state index in [9.17, 15) is 0 Å². The van der Waals surface area contributed by atoms with Crippen molar-refractivity contribution in [1.82, 2.24) is 0 Å². The fraction of sp³-hybridized carbons (Fsp3) is 0.211. The van der Waals surface area contributed by atoms with E-state index in [0.29, 0.717) is 0 Å². The van der Waals surface area contributed by atoms with Gasteiger partial charge < -0.3 is 0 Å². The molecule has 0 aliphatic heterocycles. The van der Waals surface area contributed by atoms with Crippen molar-refractivity contribution < 1.29 is 23.9 Å². The second kappa shape index (κ2) is 14.7. The van der Waals surface area contributed by atoms with E-state index in [1.807, 2.05) is 36.4 Å². The third-order valence-corrected chi connectivity index (χ3v) is 11.4. The van der Waals surface area contributed by atoms with Crippen LogP contribution in [-0.2, 0) is 36.7 Å². The van der Waals surface area contributed by atoms with Gasteiger partial charge in [-0.2, -0.15) is 48.0 Å². The number of unbranched alkanes of at least 4 members (excludes halogenated alkanes) is 1. The molecule has 0 N–H and O–H groups in total. The number of rotatable bonds is 6. The Morgan fingerprint density at radius 1 is 0.775 bits per heavy atom. The molecule has 0 bridgehead atoms. The van der Waals surface area contributed by atoms with Crippen molar-refractivity contribution in [3.63, 3.8) is 0 Å². The summed E-state index contributed by atoms with van der Waals surface area (Å²) in [6.07, 6.45) is 4.81. The maximum atomic E-state index is 3.30. The largest absolute Gasteiger partial charge is 0.214 e. The molecular formula is C38H40HfSi. The van der Waals surface area contributed by atoms with E-state index in [1.165, 1.54) is 61.5 Å². The average molecular weight is 703 g/mol. The second-order valence-corrected chi connectivity index (χ2v) is 18.2. The Balaban J connectivity index is 0.000000170. The van der Waals surface area contributed by atoms with Crippen LogP contribution in [0.2, 0.25) is 19.6 Å². The molecule has 0 heterocycles. The molecule has 1 aliphatic rings. The van der Waals surface area contributed by atoms with Crippen LogP contribution in [0.25, 0.3) is 11.1 Å². The van der Waals surface area contributed by atoms with Gasteiger partial charge in [-0.15, -0.1) is 5.56 Å². The Labute approximate surface area is 257 Å². The van der Waals surface area contributed by atoms with Crippen LogP contribution in [0.15, 0.2) is 121 Å². The summed E-state index contributed by atoms with van der Waals surface area (Å²) in [6.45, 7) is 9.47. The first-order valence-electron chi connectivity index (χ1n) is 14.4. The van der Waals surface area contributed by atoms with Gasteiger partial charge in [0.05, 0.1) is 0 Å². The molecule has 0 nitrogen and oxygen atoms in total. The van der Waals surface area contributed by atoms with Gasteiger partial charge in [-0.3, -0.25) is 0 Å². The normalized spacial score (nSPS) is 11.3. The number of benzene rings is 4. The second-order valence-electron chi connectivity index (χ2n) is 11.4. The molecule has 0 spiro atoms. The van der Waals surface area contributed by atoms with Crippen LogP contribution in [0, 0.1) is 6.07 Å². The van der Waals surface area contributed by atoms with Crippen LogP contribution >= 0.6 is 0 Å². The molecule has 40 heavy (non-hydrogen) atoms. The molecule has 0 saturated carbocycles. The molecule has 0 fully saturated rings. The van der Waals surface area contributed by atoms with E-state index < -0.39 is 8.07 Å². The van der Waals surface area contributed by atoms with Crippen molar-refractivity contribution in [3.05, 3.63) is 155 Å². The summed E-state index contributed by atoms with van der Waals surface area (Å²) in [4.78, 5) is 0. The Morgan fingerprint density at radius 3 is 2.00 bits per heavy atom. The van der Waals surface area contributed by atoms with E-state index in [1.54, 1.807) is 5.19 Å². The van der Waals surface area contributed by atoms with Gasteiger partial charge >= 0.3 is 151 Å². The summed E-state index contributed by atoms with van der Waals surface area (Å²) in [5.74, 6) is 0. The fourth-order valence-corrected chi connectivity index (χ4v) is 7.21. The number of fused-ring (bicyclic) bond motifs is 3. The van der Waals surface area contributed by atoms with Crippen molar-refractivity contribution in [2.45, 2.75) is 52.2 Å². The smallest absolute Gasteiger partial charge is 0.0253 e. The van der Waals surface area contributed by atoms with Crippen molar-refractivity contribution in [1.29, 1.82) is 0 Å². The Kier molecular flexibility index (Phi) is 11.1. The van der Waals surface area contributed by atoms with Gasteiger partial charge in [0, 0.05) is 0 Å². The molecule has 200 valence electrons. The quantitative estimate of drug-likeness (QED) is 0.120. The molecule has 0 aromatic heterocycles. The molecule has 5 aromatic carbocycles. The molecule has 0 atom stereocenters. The van der Waals surface area contributed by atoms with Gasteiger partial charge in [0.25, 0.3) is 0 Å². The Hall–Kier alpha value is -2.81. The van der Waals surface area contributed by atoms with E-state index in [4.69, 9.17) is 0 Å². The molecular weight excluding hydrogens is 663 g/mol. The fourth-order valence-electron chi connectivity index (χ4n) is 4.84. The SMILES string of the molecule is CCCCc1ccc([C](=[Hf+2])c2ccc([Si](C)(C)C)cc2)cc1.[c-]1cccc2c1Cc1ccccc1-2.c1cc[cH-]c1. The van der Waals surface area contributed by atoms with Gasteiger partial charge in [0.15, 0.2) is 0 Å². The third kappa shape index (κ3) is 8.35. The summed E-state index contributed by atoms with van der Waals surface area (Å²) in [5.41, 5.74) is 9.77. The third-order valence-electron chi connectivity index (χ3n) is 7.27. The van der Waals surface area contributed by atoms with Crippen molar-refractivity contribution >= 4 is 16.5 Å². The zero-order valence-electron chi connectivity index (χ0n) is 24.4. The molecule has 0 unspecified atom stereocenters. The van der Waals surface area contributed by atoms with E-state index >= 15 is 0 Å². The van der Waals surface area contributed by atoms with Gasteiger partial charge in [-0.05, 0) is 6.42 Å². The summed E-state index contributed by atoms with van der Waals surface area (Å²) in [5, 5.41) is 1.54. The number of aryl methyl sites for hydroxylation is 1. The van der Waals surface area contributed by atoms with E-state index in [2.05, 4.69) is 118 Å². The summed E-state index contributed by atoms with van der Waals surface area (Å²) in [7, 11) is -1.19. The van der Waals surface area contributed by atoms with Gasteiger partial charge in [-0.1, -0.05) is 35.4 Å². The molecule has 6 rings (SSSR count). The van der Waals surface area contributed by atoms with E-state index in [-0.39, 0.29) is 0 Å². The zero-order chi connectivity index (χ0) is 28.4. The maximum Gasteiger partial charge on any atom is -0.0253 e. The summed E-state index contributed by atoms with van der Waals surface area (Å²) in [6, 6.07) is 46.7. The van der Waals surface area contributed by atoms with Gasteiger partial charge in [0.1, 0.15) is 0 Å². The van der Waals surface area contributed by atoms with Gasteiger partial charge in [-0.25, -0.2) is 12.1 Å². The average Bonchev–Trinajstić information content (AvgIpc) is 3.68. The first kappa shape index (κ1) is 30.2. The first-order valence-corrected chi connectivity index (χ1v) is 19.7. The standard InChI is InChI=1S/C20H26Si.C13H9.C5H5.Hf/c1-5-6-7-17-8-10-18(11-9-17)16-19-12-14-20(15-13-19)21(2,3)4;1-3-7-12-10(5-1)9-11-6-2-4-8-13(11)12;1-2-4-5-3-1;/h8-15H,5-7H2,1-4H3;1-5,7-8H,9H2;1-5H;/q;2*-1;+2. The molecule has 5 aromatic rings. The minimum Gasteiger partial charge on any atom is -0.214 e. The maximum absolute atomic E-state index is 3.30. The Bertz CT molecular complexity index is 1410. The van der Waals surface area contributed by atoms with E-state index in [0.717, 1.165) is 30.3 Å². The van der Waals surface area contributed by atoms with Crippen LogP contribution in [0.1, 0.15) is 47.6 Å². The minimum absolute atomic E-state index is 1.05. The molecule has 1 aliphatic carbocycles. The Morgan fingerprint density at radius 2 is 1.40 bits per heavy atom.